The number of likely N-dealkylation sites (tertiary alicyclic amines) is 1. The Bertz CT molecular complexity index is 545. The van der Waals surface area contributed by atoms with E-state index in [1.807, 2.05) is 0 Å². The third kappa shape index (κ3) is 3.13. The number of hydrogen-bond donors (Lipinski definition) is 0. The lowest BCUT2D eigenvalue weighted by molar-refractivity contribution is -0.129. The van der Waals surface area contributed by atoms with E-state index in [1.165, 1.54) is 25.7 Å². The third-order valence-electron chi connectivity index (χ3n) is 5.53. The second-order valence-electron chi connectivity index (χ2n) is 7.14. The van der Waals surface area contributed by atoms with Crippen molar-refractivity contribution < 1.29 is 14.1 Å². The highest BCUT2D eigenvalue weighted by atomic mass is 16.5. The van der Waals surface area contributed by atoms with Crippen molar-refractivity contribution in [2.24, 2.45) is 0 Å². The van der Waals surface area contributed by atoms with Gasteiger partial charge in [-0.05, 0) is 19.3 Å². The number of amides is 1. The van der Waals surface area contributed by atoms with Crippen molar-refractivity contribution in [3.05, 3.63) is 11.7 Å². The molecule has 1 aromatic rings. The Morgan fingerprint density at radius 2 is 1.87 bits per heavy atom. The summed E-state index contributed by atoms with van der Waals surface area (Å²) in [6, 6.07) is 0.417. The van der Waals surface area contributed by atoms with Crippen LogP contribution in [0.2, 0.25) is 0 Å². The average Bonchev–Trinajstić information content (AvgIpc) is 3.25. The second kappa shape index (κ2) is 6.59. The van der Waals surface area contributed by atoms with Gasteiger partial charge in [0, 0.05) is 31.5 Å². The molecule has 0 unspecified atom stereocenters. The number of nitrogens with zero attached hydrogens (tertiary/aromatic N) is 3. The summed E-state index contributed by atoms with van der Waals surface area (Å²) in [7, 11) is 0. The van der Waals surface area contributed by atoms with Crippen LogP contribution in [0.5, 0.6) is 0 Å². The standard InChI is InChI=1S/C17H25N3O3/c21-15-9-13(10-20(15)14-5-3-1-2-4-6-14)17-18-16(19-23-17)12-7-8-22-11-12/h12-14H,1-11H2/t12-,13+/m1/s1. The summed E-state index contributed by atoms with van der Waals surface area (Å²) in [5.41, 5.74) is 0. The predicted molar refractivity (Wildman–Crippen MR) is 83.0 cm³/mol. The van der Waals surface area contributed by atoms with Crippen LogP contribution < -0.4 is 0 Å². The maximum atomic E-state index is 12.4. The molecule has 0 N–H and O–H groups in total. The Kier molecular flexibility index (Phi) is 4.33. The highest BCUT2D eigenvalue weighted by Crippen LogP contribution is 2.33. The van der Waals surface area contributed by atoms with Crippen LogP contribution >= 0.6 is 0 Å². The molecule has 6 heteroatoms. The van der Waals surface area contributed by atoms with Crippen molar-refractivity contribution in [1.82, 2.24) is 15.0 Å². The summed E-state index contributed by atoms with van der Waals surface area (Å²) in [4.78, 5) is 19.1. The molecule has 1 aliphatic carbocycles. The van der Waals surface area contributed by atoms with Gasteiger partial charge in [0.15, 0.2) is 5.82 Å². The second-order valence-corrected chi connectivity index (χ2v) is 7.14. The molecule has 3 heterocycles. The summed E-state index contributed by atoms with van der Waals surface area (Å²) >= 11 is 0. The average molecular weight is 319 g/mol. The number of aromatic nitrogens is 2. The molecule has 0 radical (unpaired) electrons. The van der Waals surface area contributed by atoms with Gasteiger partial charge in [-0.25, -0.2) is 0 Å². The van der Waals surface area contributed by atoms with Crippen LogP contribution in [-0.2, 0) is 9.53 Å². The molecule has 2 aliphatic heterocycles. The largest absolute Gasteiger partial charge is 0.381 e. The molecular formula is C17H25N3O3. The van der Waals surface area contributed by atoms with Crippen LogP contribution in [0.1, 0.15) is 74.9 Å². The number of rotatable bonds is 3. The SMILES string of the molecule is O=C1C[C@H](c2nc([C@@H]3CCOC3)no2)CN1C1CCCCCC1. The lowest BCUT2D eigenvalue weighted by Crippen LogP contribution is -2.36. The van der Waals surface area contributed by atoms with Gasteiger partial charge in [-0.15, -0.1) is 0 Å². The van der Waals surface area contributed by atoms with Gasteiger partial charge in [-0.3, -0.25) is 4.79 Å². The Hall–Kier alpha value is -1.43. The van der Waals surface area contributed by atoms with Crippen molar-refractivity contribution in [2.75, 3.05) is 19.8 Å². The van der Waals surface area contributed by atoms with Gasteiger partial charge in [0.1, 0.15) is 0 Å². The van der Waals surface area contributed by atoms with E-state index in [9.17, 15) is 4.79 Å². The van der Waals surface area contributed by atoms with Gasteiger partial charge in [0.2, 0.25) is 11.8 Å². The lowest BCUT2D eigenvalue weighted by atomic mass is 10.1. The zero-order valence-electron chi connectivity index (χ0n) is 13.6. The molecule has 1 aromatic heterocycles. The number of carbonyl (C=O) groups excluding carboxylic acids is 1. The fourth-order valence-corrected chi connectivity index (χ4v) is 4.14. The normalized spacial score (nSPS) is 30.1. The zero-order valence-corrected chi connectivity index (χ0v) is 13.6. The maximum Gasteiger partial charge on any atom is 0.232 e. The van der Waals surface area contributed by atoms with E-state index in [0.29, 0.717) is 25.0 Å². The number of hydrogen-bond acceptors (Lipinski definition) is 5. The van der Waals surface area contributed by atoms with Crippen molar-refractivity contribution in [2.45, 2.75) is 69.2 Å². The van der Waals surface area contributed by atoms with Gasteiger partial charge < -0.3 is 14.2 Å². The zero-order chi connectivity index (χ0) is 15.6. The Morgan fingerprint density at radius 3 is 2.61 bits per heavy atom. The minimum Gasteiger partial charge on any atom is -0.381 e. The van der Waals surface area contributed by atoms with Crippen molar-refractivity contribution in [1.29, 1.82) is 0 Å². The van der Waals surface area contributed by atoms with Crippen molar-refractivity contribution in [3.63, 3.8) is 0 Å². The van der Waals surface area contributed by atoms with E-state index in [4.69, 9.17) is 9.26 Å². The van der Waals surface area contributed by atoms with E-state index < -0.39 is 0 Å². The van der Waals surface area contributed by atoms with E-state index >= 15 is 0 Å². The molecule has 0 spiro atoms. The number of ether oxygens (including phenoxy) is 1. The third-order valence-corrected chi connectivity index (χ3v) is 5.53. The lowest BCUT2D eigenvalue weighted by Gasteiger charge is -2.26. The molecule has 1 amide bonds. The smallest absolute Gasteiger partial charge is 0.232 e. The van der Waals surface area contributed by atoms with Crippen LogP contribution in [0.4, 0.5) is 0 Å². The highest BCUT2D eigenvalue weighted by Gasteiger charge is 2.38. The highest BCUT2D eigenvalue weighted by molar-refractivity contribution is 5.79. The first-order chi connectivity index (χ1) is 11.3. The fourth-order valence-electron chi connectivity index (χ4n) is 4.14. The van der Waals surface area contributed by atoms with Crippen molar-refractivity contribution in [3.8, 4) is 0 Å². The number of carbonyl (C=O) groups is 1. The quantitative estimate of drug-likeness (QED) is 0.801. The molecule has 3 aliphatic rings. The first-order valence-corrected chi connectivity index (χ1v) is 9.02. The molecule has 0 bridgehead atoms. The van der Waals surface area contributed by atoms with E-state index in [2.05, 4.69) is 15.0 Å². The van der Waals surface area contributed by atoms with Crippen LogP contribution in [-0.4, -0.2) is 46.7 Å². The summed E-state index contributed by atoms with van der Waals surface area (Å²) in [5.74, 6) is 1.96. The van der Waals surface area contributed by atoms with Gasteiger partial charge in [-0.1, -0.05) is 30.8 Å². The van der Waals surface area contributed by atoms with E-state index in [1.54, 1.807) is 0 Å². The van der Waals surface area contributed by atoms with Gasteiger partial charge in [-0.2, -0.15) is 4.98 Å². The molecule has 2 saturated heterocycles. The fraction of sp³-hybridized carbons (Fsp3) is 0.824. The first kappa shape index (κ1) is 15.1. The molecule has 1 saturated carbocycles. The summed E-state index contributed by atoms with van der Waals surface area (Å²) in [6.45, 7) is 2.19. The monoisotopic (exact) mass is 319 g/mol. The van der Waals surface area contributed by atoms with Crippen LogP contribution in [0.15, 0.2) is 4.52 Å². The van der Waals surface area contributed by atoms with Gasteiger partial charge in [0.05, 0.1) is 12.5 Å². The molecule has 4 rings (SSSR count). The van der Waals surface area contributed by atoms with Crippen LogP contribution in [0.3, 0.4) is 0 Å². The molecular weight excluding hydrogens is 294 g/mol. The Morgan fingerprint density at radius 1 is 1.04 bits per heavy atom. The molecule has 6 nitrogen and oxygen atoms in total. The topological polar surface area (TPSA) is 68.5 Å². The van der Waals surface area contributed by atoms with Crippen molar-refractivity contribution >= 4 is 5.91 Å². The minimum absolute atomic E-state index is 0.0642. The van der Waals surface area contributed by atoms with E-state index in [-0.39, 0.29) is 17.7 Å². The summed E-state index contributed by atoms with van der Waals surface area (Å²) < 4.78 is 10.9. The van der Waals surface area contributed by atoms with E-state index in [0.717, 1.165) is 38.2 Å². The molecule has 0 aromatic carbocycles. The summed E-state index contributed by atoms with van der Waals surface area (Å²) in [5, 5.41) is 4.12. The summed E-state index contributed by atoms with van der Waals surface area (Å²) in [6.07, 6.45) is 8.85. The molecule has 126 valence electrons. The van der Waals surface area contributed by atoms with Crippen LogP contribution in [0, 0.1) is 0 Å². The van der Waals surface area contributed by atoms with Crippen LogP contribution in [0.25, 0.3) is 0 Å². The first-order valence-electron chi connectivity index (χ1n) is 9.02. The van der Waals surface area contributed by atoms with Gasteiger partial charge in [0.25, 0.3) is 0 Å². The molecule has 3 fully saturated rings. The minimum atomic E-state index is 0.0642. The molecule has 2 atom stereocenters. The molecule has 23 heavy (non-hydrogen) atoms. The predicted octanol–water partition coefficient (Wildman–Crippen LogP) is 2.61. The maximum absolute atomic E-state index is 12.4. The Balaban J connectivity index is 1.43. The Labute approximate surface area is 136 Å². The van der Waals surface area contributed by atoms with Gasteiger partial charge >= 0.3 is 0 Å².